The van der Waals surface area contributed by atoms with Crippen molar-refractivity contribution in [3.63, 3.8) is 0 Å². The van der Waals surface area contributed by atoms with Gasteiger partial charge in [-0.1, -0.05) is 0 Å². The minimum Gasteiger partial charge on any atom is -0.268 e. The van der Waals surface area contributed by atoms with Gasteiger partial charge in [0.25, 0.3) is 0 Å². The van der Waals surface area contributed by atoms with Crippen LogP contribution in [0, 0.1) is 0 Å². The highest BCUT2D eigenvalue weighted by molar-refractivity contribution is 5.55. The maximum atomic E-state index is 3.79. The van der Waals surface area contributed by atoms with E-state index in [0.717, 1.165) is 0 Å². The van der Waals surface area contributed by atoms with Gasteiger partial charge in [0.2, 0.25) is 0 Å². The monoisotopic (exact) mass is 110 g/mol. The molecule has 0 aromatic carbocycles. The molecular weight excluding hydrogens is 100 g/mol. The first-order valence-corrected chi connectivity index (χ1v) is 2.52. The summed E-state index contributed by atoms with van der Waals surface area (Å²) in [6, 6.07) is 0. The van der Waals surface area contributed by atoms with E-state index in [1.807, 2.05) is 13.8 Å². The number of hydrogen-bond donors (Lipinski definition) is 0. The summed E-state index contributed by atoms with van der Waals surface area (Å²) in [6.07, 6.45) is 6.70. The van der Waals surface area contributed by atoms with Crippen molar-refractivity contribution in [2.45, 2.75) is 13.8 Å². The van der Waals surface area contributed by atoms with E-state index < -0.39 is 0 Å². The maximum absolute atomic E-state index is 3.79. The van der Waals surface area contributed by atoms with Crippen molar-refractivity contribution in [2.75, 3.05) is 0 Å². The summed E-state index contributed by atoms with van der Waals surface area (Å²) >= 11 is 0. The second-order valence-corrected chi connectivity index (χ2v) is 1.11. The van der Waals surface area contributed by atoms with Gasteiger partial charge in [-0.25, -0.2) is 0 Å². The second-order valence-electron chi connectivity index (χ2n) is 1.11. The first-order chi connectivity index (χ1) is 3.91. The van der Waals surface area contributed by atoms with E-state index in [2.05, 4.69) is 9.98 Å². The van der Waals surface area contributed by atoms with Crippen molar-refractivity contribution in [3.8, 4) is 0 Å². The predicted molar refractivity (Wildman–Crippen MR) is 37.5 cm³/mol. The van der Waals surface area contributed by atoms with Gasteiger partial charge in [-0.15, -0.1) is 0 Å². The molecule has 0 saturated carbocycles. The van der Waals surface area contributed by atoms with Gasteiger partial charge in [0.15, 0.2) is 0 Å². The summed E-state index contributed by atoms with van der Waals surface area (Å²) in [7, 11) is 0. The average molecular weight is 110 g/mol. The first-order valence-electron chi connectivity index (χ1n) is 2.52. The largest absolute Gasteiger partial charge is 0.268 e. The van der Waals surface area contributed by atoms with E-state index in [9.17, 15) is 0 Å². The fraction of sp³-hybridized carbons (Fsp3) is 0.333. The number of aliphatic imine (C=N–C) groups is 2. The molecule has 0 saturated heterocycles. The Bertz CT molecular complexity index is 97.7. The van der Waals surface area contributed by atoms with Crippen LogP contribution in [0.25, 0.3) is 0 Å². The van der Waals surface area contributed by atoms with Crippen molar-refractivity contribution >= 4 is 12.4 Å². The third-order valence-corrected chi connectivity index (χ3v) is 0.537. The highest BCUT2D eigenvalue weighted by Crippen LogP contribution is 1.72. The van der Waals surface area contributed by atoms with Gasteiger partial charge >= 0.3 is 0 Å². The van der Waals surface area contributed by atoms with Gasteiger partial charge in [-0.3, -0.25) is 9.98 Å². The van der Waals surface area contributed by atoms with Crippen molar-refractivity contribution in [2.24, 2.45) is 9.98 Å². The first kappa shape index (κ1) is 7.08. The van der Waals surface area contributed by atoms with Crippen LogP contribution in [-0.4, -0.2) is 12.4 Å². The summed E-state index contributed by atoms with van der Waals surface area (Å²) in [5.74, 6) is 0. The molecule has 0 radical (unpaired) electrons. The molecular formula is C6H10N2. The quantitative estimate of drug-likeness (QED) is 0.483. The Balaban J connectivity index is 3.35. The lowest BCUT2D eigenvalue weighted by Crippen LogP contribution is -1.55. The lowest BCUT2D eigenvalue weighted by Gasteiger charge is -1.69. The SMILES string of the molecule is C\C=N/C=C\N=C/C. The van der Waals surface area contributed by atoms with Gasteiger partial charge in [-0.05, 0) is 13.8 Å². The van der Waals surface area contributed by atoms with Gasteiger partial charge in [0.05, 0.1) is 0 Å². The molecule has 0 unspecified atom stereocenters. The number of nitrogens with zero attached hydrogens (tertiary/aromatic N) is 2. The highest BCUT2D eigenvalue weighted by Gasteiger charge is 1.55. The molecule has 0 bridgehead atoms. The van der Waals surface area contributed by atoms with Gasteiger partial charge in [0, 0.05) is 24.8 Å². The van der Waals surface area contributed by atoms with Crippen LogP contribution in [-0.2, 0) is 0 Å². The van der Waals surface area contributed by atoms with Crippen LogP contribution in [0.1, 0.15) is 13.8 Å². The molecule has 0 aromatic rings. The van der Waals surface area contributed by atoms with Crippen molar-refractivity contribution in [3.05, 3.63) is 12.4 Å². The van der Waals surface area contributed by atoms with Crippen molar-refractivity contribution in [1.29, 1.82) is 0 Å². The van der Waals surface area contributed by atoms with E-state index >= 15 is 0 Å². The number of hydrogen-bond acceptors (Lipinski definition) is 2. The van der Waals surface area contributed by atoms with Gasteiger partial charge in [0.1, 0.15) is 0 Å². The molecule has 2 nitrogen and oxygen atoms in total. The Morgan fingerprint density at radius 2 is 1.25 bits per heavy atom. The Morgan fingerprint density at radius 3 is 1.50 bits per heavy atom. The predicted octanol–water partition coefficient (Wildman–Crippen LogP) is 1.64. The zero-order valence-electron chi connectivity index (χ0n) is 5.20. The third-order valence-electron chi connectivity index (χ3n) is 0.537. The molecule has 0 atom stereocenters. The number of rotatable bonds is 2. The zero-order chi connectivity index (χ0) is 6.24. The summed E-state index contributed by atoms with van der Waals surface area (Å²) in [4.78, 5) is 7.58. The molecule has 0 spiro atoms. The van der Waals surface area contributed by atoms with E-state index in [4.69, 9.17) is 0 Å². The minimum atomic E-state index is 1.64. The standard InChI is InChI=1S/C6H10N2/c1-3-7-5-6-8-4-2/h3-6H,1-2H3/b6-5-,7-3-,8-4-. The van der Waals surface area contributed by atoms with E-state index in [0.29, 0.717) is 0 Å². The Labute approximate surface area is 49.7 Å². The molecule has 0 amide bonds. The van der Waals surface area contributed by atoms with E-state index in [1.165, 1.54) is 0 Å². The molecule has 0 aliphatic heterocycles. The highest BCUT2D eigenvalue weighted by atomic mass is 14.7. The van der Waals surface area contributed by atoms with Gasteiger partial charge < -0.3 is 0 Å². The molecule has 0 aliphatic carbocycles. The fourth-order valence-corrected chi connectivity index (χ4v) is 0.249. The van der Waals surface area contributed by atoms with Crippen molar-refractivity contribution < 1.29 is 0 Å². The Morgan fingerprint density at radius 1 is 0.875 bits per heavy atom. The molecule has 2 heteroatoms. The summed E-state index contributed by atoms with van der Waals surface area (Å²) in [5, 5.41) is 0. The van der Waals surface area contributed by atoms with E-state index in [1.54, 1.807) is 24.8 Å². The van der Waals surface area contributed by atoms with Crippen LogP contribution in [0.3, 0.4) is 0 Å². The molecule has 8 heavy (non-hydrogen) atoms. The van der Waals surface area contributed by atoms with Crippen molar-refractivity contribution in [1.82, 2.24) is 0 Å². The average Bonchev–Trinajstić information content (AvgIpc) is 1.81. The van der Waals surface area contributed by atoms with Crippen LogP contribution >= 0.6 is 0 Å². The fourth-order valence-electron chi connectivity index (χ4n) is 0.249. The molecule has 0 rings (SSSR count). The molecule has 0 heterocycles. The third kappa shape index (κ3) is 5.08. The molecule has 44 valence electrons. The molecule has 0 fully saturated rings. The van der Waals surface area contributed by atoms with Crippen LogP contribution in [0.15, 0.2) is 22.4 Å². The molecule has 0 N–H and O–H groups in total. The summed E-state index contributed by atoms with van der Waals surface area (Å²) in [5.41, 5.74) is 0. The Hall–Kier alpha value is -0.920. The second kappa shape index (κ2) is 6.08. The van der Waals surface area contributed by atoms with Crippen LogP contribution in [0.4, 0.5) is 0 Å². The molecule has 0 aliphatic rings. The normalized spacial score (nSPS) is 12.8. The van der Waals surface area contributed by atoms with Gasteiger partial charge in [-0.2, -0.15) is 0 Å². The summed E-state index contributed by atoms with van der Waals surface area (Å²) < 4.78 is 0. The topological polar surface area (TPSA) is 24.7 Å². The summed E-state index contributed by atoms with van der Waals surface area (Å²) in [6.45, 7) is 3.72. The lowest BCUT2D eigenvalue weighted by molar-refractivity contribution is 1.48. The minimum absolute atomic E-state index is 1.64. The maximum Gasteiger partial charge on any atom is 0.0446 e. The smallest absolute Gasteiger partial charge is 0.0446 e. The van der Waals surface area contributed by atoms with E-state index in [-0.39, 0.29) is 0 Å². The Kier molecular flexibility index (Phi) is 5.38. The van der Waals surface area contributed by atoms with Crippen LogP contribution < -0.4 is 0 Å². The van der Waals surface area contributed by atoms with Crippen LogP contribution in [0.2, 0.25) is 0 Å². The zero-order valence-corrected chi connectivity index (χ0v) is 5.20. The van der Waals surface area contributed by atoms with Crippen LogP contribution in [0.5, 0.6) is 0 Å². The lowest BCUT2D eigenvalue weighted by atomic mass is 10.8. The molecule has 0 aromatic heterocycles.